The van der Waals surface area contributed by atoms with Crippen LogP contribution in [0.4, 0.5) is 0 Å². The van der Waals surface area contributed by atoms with Crippen LogP contribution in [0.1, 0.15) is 42.9 Å². The Labute approximate surface area is 180 Å². The molecule has 1 N–H and O–H groups in total. The summed E-state index contributed by atoms with van der Waals surface area (Å²) in [5.74, 6) is 1.81. The zero-order valence-electron chi connectivity index (χ0n) is 17.0. The molecule has 3 nitrogen and oxygen atoms in total. The van der Waals surface area contributed by atoms with Crippen LogP contribution in [-0.4, -0.2) is 47.1 Å². The summed E-state index contributed by atoms with van der Waals surface area (Å²) in [7, 11) is 0. The fourth-order valence-corrected chi connectivity index (χ4v) is 6.07. The standard InChI is InChI=1S/C25H31N3S/c29-25(26-23-18-19-11-12-22(23)17-19)28-15-13-27(14-16-28)24(20-7-3-1-4-8-20)21-9-5-2-6-10-21/h1-10,19,22-24H,11-18H2,(H,26,29)/t19-,22+,23+/m1/s1. The van der Waals surface area contributed by atoms with Crippen LogP contribution in [0.25, 0.3) is 0 Å². The molecule has 2 saturated carbocycles. The van der Waals surface area contributed by atoms with Crippen LogP contribution in [0, 0.1) is 11.8 Å². The lowest BCUT2D eigenvalue weighted by molar-refractivity contribution is 0.148. The van der Waals surface area contributed by atoms with E-state index in [0.29, 0.717) is 12.1 Å². The van der Waals surface area contributed by atoms with Gasteiger partial charge in [-0.15, -0.1) is 0 Å². The van der Waals surface area contributed by atoms with E-state index in [2.05, 4.69) is 75.8 Å². The second kappa shape index (κ2) is 8.45. The van der Waals surface area contributed by atoms with E-state index in [1.807, 2.05) is 0 Å². The van der Waals surface area contributed by atoms with Gasteiger partial charge in [0, 0.05) is 32.2 Å². The average molecular weight is 406 g/mol. The third-order valence-electron chi connectivity index (χ3n) is 7.24. The van der Waals surface area contributed by atoms with Gasteiger partial charge in [0.25, 0.3) is 0 Å². The lowest BCUT2D eigenvalue weighted by Crippen LogP contribution is -2.54. The number of thiocarbonyl (C=S) groups is 1. The minimum Gasteiger partial charge on any atom is -0.360 e. The monoisotopic (exact) mass is 405 g/mol. The minimum atomic E-state index is 0.312. The Morgan fingerprint density at radius 1 is 0.828 bits per heavy atom. The molecule has 1 heterocycles. The summed E-state index contributed by atoms with van der Waals surface area (Å²) in [5.41, 5.74) is 2.74. The van der Waals surface area contributed by atoms with E-state index in [1.165, 1.54) is 36.8 Å². The minimum absolute atomic E-state index is 0.312. The first-order valence-electron chi connectivity index (χ1n) is 11.2. The van der Waals surface area contributed by atoms with Gasteiger partial charge in [-0.3, -0.25) is 4.90 Å². The maximum atomic E-state index is 5.81. The van der Waals surface area contributed by atoms with Crippen LogP contribution in [-0.2, 0) is 0 Å². The normalized spacial score (nSPS) is 26.8. The van der Waals surface area contributed by atoms with Gasteiger partial charge in [-0.25, -0.2) is 0 Å². The number of benzene rings is 2. The van der Waals surface area contributed by atoms with Crippen molar-refractivity contribution in [2.45, 2.75) is 37.8 Å². The number of nitrogens with zero attached hydrogens (tertiary/aromatic N) is 2. The average Bonchev–Trinajstić information content (AvgIpc) is 3.39. The maximum absolute atomic E-state index is 5.81. The molecule has 1 saturated heterocycles. The molecule has 5 rings (SSSR count). The highest BCUT2D eigenvalue weighted by Crippen LogP contribution is 2.44. The van der Waals surface area contributed by atoms with Gasteiger partial charge in [-0.05, 0) is 54.4 Å². The second-order valence-electron chi connectivity index (χ2n) is 8.98. The zero-order valence-corrected chi connectivity index (χ0v) is 17.9. The second-order valence-corrected chi connectivity index (χ2v) is 9.36. The van der Waals surface area contributed by atoms with Crippen molar-refractivity contribution in [2.24, 2.45) is 11.8 Å². The van der Waals surface area contributed by atoms with Crippen molar-refractivity contribution in [1.29, 1.82) is 0 Å². The molecule has 0 unspecified atom stereocenters. The fraction of sp³-hybridized carbons (Fsp3) is 0.480. The van der Waals surface area contributed by atoms with E-state index in [4.69, 9.17) is 12.2 Å². The lowest BCUT2D eigenvalue weighted by Gasteiger charge is -2.41. The smallest absolute Gasteiger partial charge is 0.169 e. The Hall–Kier alpha value is -1.91. The molecule has 1 aliphatic heterocycles. The van der Waals surface area contributed by atoms with E-state index in [-0.39, 0.29) is 0 Å². The van der Waals surface area contributed by atoms with Crippen molar-refractivity contribution < 1.29 is 0 Å². The predicted molar refractivity (Wildman–Crippen MR) is 123 cm³/mol. The van der Waals surface area contributed by atoms with Crippen LogP contribution in [0.15, 0.2) is 60.7 Å². The van der Waals surface area contributed by atoms with E-state index in [9.17, 15) is 0 Å². The Morgan fingerprint density at radius 2 is 1.45 bits per heavy atom. The lowest BCUT2D eigenvalue weighted by atomic mass is 9.95. The van der Waals surface area contributed by atoms with Gasteiger partial charge in [-0.2, -0.15) is 0 Å². The van der Waals surface area contributed by atoms with Gasteiger partial charge in [-0.1, -0.05) is 67.1 Å². The maximum Gasteiger partial charge on any atom is 0.169 e. The summed E-state index contributed by atoms with van der Waals surface area (Å²) < 4.78 is 0. The highest BCUT2D eigenvalue weighted by Gasteiger charge is 2.40. The number of rotatable bonds is 4. The molecular weight excluding hydrogens is 374 g/mol. The molecule has 4 heteroatoms. The predicted octanol–water partition coefficient (Wildman–Crippen LogP) is 4.46. The van der Waals surface area contributed by atoms with Crippen LogP contribution in [0.2, 0.25) is 0 Å². The molecule has 29 heavy (non-hydrogen) atoms. The first-order valence-corrected chi connectivity index (χ1v) is 11.6. The Balaban J connectivity index is 1.24. The molecule has 0 spiro atoms. The van der Waals surface area contributed by atoms with Crippen molar-refractivity contribution >= 4 is 17.3 Å². The van der Waals surface area contributed by atoms with E-state index < -0.39 is 0 Å². The van der Waals surface area contributed by atoms with Crippen molar-refractivity contribution in [3.8, 4) is 0 Å². The number of piperazine rings is 1. The summed E-state index contributed by atoms with van der Waals surface area (Å²) in [6.07, 6.45) is 5.59. The fourth-order valence-electron chi connectivity index (χ4n) is 5.74. The SMILES string of the molecule is S=C(N[C@H]1C[C@@H]2CC[C@H]1C2)N1CCN(C(c2ccccc2)c2ccccc2)CC1. The molecule has 0 aromatic heterocycles. The number of hydrogen-bond acceptors (Lipinski definition) is 2. The van der Waals surface area contributed by atoms with Crippen molar-refractivity contribution in [2.75, 3.05) is 26.2 Å². The molecule has 2 bridgehead atoms. The van der Waals surface area contributed by atoms with Crippen molar-refractivity contribution in [3.63, 3.8) is 0 Å². The first-order chi connectivity index (χ1) is 14.3. The molecular formula is C25H31N3S. The third kappa shape index (κ3) is 4.06. The molecule has 3 atom stereocenters. The first kappa shape index (κ1) is 19.1. The summed E-state index contributed by atoms with van der Waals surface area (Å²) in [5, 5.41) is 4.71. The summed E-state index contributed by atoms with van der Waals surface area (Å²) in [6.45, 7) is 4.08. The quantitative estimate of drug-likeness (QED) is 0.757. The Kier molecular flexibility index (Phi) is 5.56. The van der Waals surface area contributed by atoms with E-state index in [0.717, 1.165) is 43.1 Å². The highest BCUT2D eigenvalue weighted by atomic mass is 32.1. The van der Waals surface area contributed by atoms with Gasteiger partial charge < -0.3 is 10.2 Å². The molecule has 3 fully saturated rings. The van der Waals surface area contributed by atoms with Crippen LogP contribution in [0.5, 0.6) is 0 Å². The Bertz CT molecular complexity index is 777. The zero-order chi connectivity index (χ0) is 19.6. The van der Waals surface area contributed by atoms with E-state index >= 15 is 0 Å². The largest absolute Gasteiger partial charge is 0.360 e. The molecule has 2 aromatic carbocycles. The highest BCUT2D eigenvalue weighted by molar-refractivity contribution is 7.80. The number of fused-ring (bicyclic) bond motifs is 2. The van der Waals surface area contributed by atoms with Crippen molar-refractivity contribution in [3.05, 3.63) is 71.8 Å². The van der Waals surface area contributed by atoms with E-state index in [1.54, 1.807) is 0 Å². The third-order valence-corrected chi connectivity index (χ3v) is 7.62. The molecule has 0 amide bonds. The van der Waals surface area contributed by atoms with Crippen molar-refractivity contribution in [1.82, 2.24) is 15.1 Å². The van der Waals surface area contributed by atoms with Crippen LogP contribution >= 0.6 is 12.2 Å². The van der Waals surface area contributed by atoms with Gasteiger partial charge in [0.1, 0.15) is 0 Å². The topological polar surface area (TPSA) is 18.5 Å². The molecule has 2 aromatic rings. The number of hydrogen-bond donors (Lipinski definition) is 1. The van der Waals surface area contributed by atoms with Crippen LogP contribution in [0.3, 0.4) is 0 Å². The number of nitrogens with one attached hydrogen (secondary N) is 1. The molecule has 0 radical (unpaired) electrons. The van der Waals surface area contributed by atoms with Gasteiger partial charge in [0.15, 0.2) is 5.11 Å². The van der Waals surface area contributed by atoms with Gasteiger partial charge >= 0.3 is 0 Å². The summed E-state index contributed by atoms with van der Waals surface area (Å²) in [4.78, 5) is 5.01. The van der Waals surface area contributed by atoms with Crippen LogP contribution < -0.4 is 5.32 Å². The molecule has 152 valence electrons. The Morgan fingerprint density at radius 3 is 1.97 bits per heavy atom. The van der Waals surface area contributed by atoms with Gasteiger partial charge in [0.2, 0.25) is 0 Å². The summed E-state index contributed by atoms with van der Waals surface area (Å²) >= 11 is 5.81. The van der Waals surface area contributed by atoms with Gasteiger partial charge in [0.05, 0.1) is 6.04 Å². The molecule has 3 aliphatic rings. The summed E-state index contributed by atoms with van der Waals surface area (Å²) in [6, 6.07) is 22.8. The molecule has 2 aliphatic carbocycles.